The van der Waals surface area contributed by atoms with Gasteiger partial charge >= 0.3 is 0 Å². The van der Waals surface area contributed by atoms with Gasteiger partial charge in [-0.2, -0.15) is 0 Å². The van der Waals surface area contributed by atoms with Crippen molar-refractivity contribution in [3.8, 4) is 5.75 Å². The fourth-order valence-electron chi connectivity index (χ4n) is 9.49. The van der Waals surface area contributed by atoms with Crippen molar-refractivity contribution in [3.05, 3.63) is 82.4 Å². The predicted octanol–water partition coefficient (Wildman–Crippen LogP) is 5.10. The monoisotopic (exact) mass is 619 g/mol. The van der Waals surface area contributed by atoms with Crippen LogP contribution in [-0.2, 0) is 25.7 Å². The Morgan fingerprint density at radius 2 is 2.02 bits per heavy atom. The van der Waals surface area contributed by atoms with E-state index in [0.29, 0.717) is 34.9 Å². The average molecular weight is 620 g/mol. The molecule has 2 aromatic rings. The molecule has 0 bridgehead atoms. The number of carbonyl (C=O) groups is 2. The number of benzene rings is 2. The van der Waals surface area contributed by atoms with Crippen molar-refractivity contribution in [3.63, 3.8) is 0 Å². The summed E-state index contributed by atoms with van der Waals surface area (Å²) in [5.41, 5.74) is 6.46. The zero-order valence-corrected chi connectivity index (χ0v) is 25.6. The Kier molecular flexibility index (Phi) is 7.10. The lowest BCUT2D eigenvalue weighted by atomic mass is 9.46. The van der Waals surface area contributed by atoms with Crippen molar-refractivity contribution < 1.29 is 34.0 Å². The lowest BCUT2D eigenvalue weighted by Gasteiger charge is -2.59. The summed E-state index contributed by atoms with van der Waals surface area (Å²) < 4.78 is 19.3. The van der Waals surface area contributed by atoms with E-state index < -0.39 is 47.3 Å². The third kappa shape index (κ3) is 4.33. The standard InChI is InChI=1S/C35H38ClNO7/c1-33-9-8-24(39)13-21(33)6-7-26-27-15-30-35(29(41)17-38,34(27,2)16-28(40)31(26)33)44-32(43-30)20-11-22(36)14-25(12-20)42-18-19-4-3-5-23(37)10-19/h3-5,8-14,26-28,30-32,38,40H,6-7,15-18,37H2,1-2H3/t26-,27-,28-,30+,31+,32-,33-,34-,35+/m0/s1. The second kappa shape index (κ2) is 10.5. The van der Waals surface area contributed by atoms with Crippen molar-refractivity contribution in [2.24, 2.45) is 28.6 Å². The van der Waals surface area contributed by atoms with Crippen LogP contribution in [0.15, 0.2) is 66.3 Å². The number of fused-ring (bicyclic) bond motifs is 7. The number of rotatable bonds is 6. The van der Waals surface area contributed by atoms with Gasteiger partial charge in [-0.05, 0) is 85.6 Å². The number of Topliss-reactive ketones (excluding diaryl/α,β-unsaturated/α-hetero) is 1. The highest BCUT2D eigenvalue weighted by Gasteiger charge is 2.75. The van der Waals surface area contributed by atoms with E-state index >= 15 is 0 Å². The molecule has 1 saturated heterocycles. The smallest absolute Gasteiger partial charge is 0.193 e. The van der Waals surface area contributed by atoms with Crippen molar-refractivity contribution in [1.82, 2.24) is 0 Å². The maximum Gasteiger partial charge on any atom is 0.193 e. The van der Waals surface area contributed by atoms with Crippen molar-refractivity contribution in [2.75, 3.05) is 12.3 Å². The largest absolute Gasteiger partial charge is 0.489 e. The van der Waals surface area contributed by atoms with E-state index in [1.165, 1.54) is 0 Å². The lowest BCUT2D eigenvalue weighted by molar-refractivity contribution is -0.201. The third-order valence-electron chi connectivity index (χ3n) is 11.3. The highest BCUT2D eigenvalue weighted by Crippen LogP contribution is 2.70. The summed E-state index contributed by atoms with van der Waals surface area (Å²) in [4.78, 5) is 26.0. The molecule has 1 heterocycles. The zero-order valence-electron chi connectivity index (χ0n) is 24.9. The summed E-state index contributed by atoms with van der Waals surface area (Å²) in [6.45, 7) is 3.72. The highest BCUT2D eigenvalue weighted by atomic mass is 35.5. The minimum absolute atomic E-state index is 0.0123. The molecule has 3 saturated carbocycles. The number of aliphatic hydroxyl groups is 2. The Morgan fingerprint density at radius 1 is 1.20 bits per heavy atom. The molecule has 4 N–H and O–H groups in total. The number of allylic oxidation sites excluding steroid dienone is 4. The van der Waals surface area contributed by atoms with Crippen LogP contribution in [0.3, 0.4) is 0 Å². The Labute approximate surface area is 261 Å². The van der Waals surface area contributed by atoms with E-state index in [9.17, 15) is 19.8 Å². The van der Waals surface area contributed by atoms with Crippen LogP contribution in [0.5, 0.6) is 5.75 Å². The maximum atomic E-state index is 13.8. The van der Waals surface area contributed by atoms with Crippen molar-refractivity contribution in [1.29, 1.82) is 0 Å². The number of aliphatic hydroxyl groups excluding tert-OH is 2. The first kappa shape index (κ1) is 29.7. The molecule has 0 radical (unpaired) electrons. The molecule has 2 aromatic carbocycles. The van der Waals surface area contributed by atoms with Crippen LogP contribution < -0.4 is 10.5 Å². The Balaban J connectivity index is 1.19. The molecule has 0 aromatic heterocycles. The minimum Gasteiger partial charge on any atom is -0.489 e. The van der Waals surface area contributed by atoms with Gasteiger partial charge in [-0.15, -0.1) is 0 Å². The molecule has 7 rings (SSSR count). The molecule has 9 atom stereocenters. The molecule has 0 spiro atoms. The van der Waals surface area contributed by atoms with Crippen LogP contribution in [-0.4, -0.2) is 46.2 Å². The van der Waals surface area contributed by atoms with Gasteiger partial charge in [0.05, 0.1) is 12.2 Å². The molecule has 0 amide bonds. The number of hydrogen-bond donors (Lipinski definition) is 3. The van der Waals surface area contributed by atoms with E-state index in [1.807, 2.05) is 37.3 Å². The average Bonchev–Trinajstić information content (AvgIpc) is 3.49. The molecule has 232 valence electrons. The number of halogens is 1. The molecule has 8 nitrogen and oxygen atoms in total. The van der Waals surface area contributed by atoms with Gasteiger partial charge < -0.3 is 30.2 Å². The van der Waals surface area contributed by atoms with E-state index in [4.69, 9.17) is 31.5 Å². The molecular weight excluding hydrogens is 582 g/mol. The number of hydrogen-bond acceptors (Lipinski definition) is 8. The molecule has 0 unspecified atom stereocenters. The number of ketones is 2. The van der Waals surface area contributed by atoms with Crippen LogP contribution >= 0.6 is 11.6 Å². The summed E-state index contributed by atoms with van der Waals surface area (Å²) in [6.07, 6.45) is 5.46. The molecule has 44 heavy (non-hydrogen) atoms. The van der Waals surface area contributed by atoms with Crippen LogP contribution in [0.2, 0.25) is 5.02 Å². The Hall–Kier alpha value is -3.01. The molecule has 1 aliphatic heterocycles. The summed E-state index contributed by atoms with van der Waals surface area (Å²) in [5.74, 6) is 0.0566. The van der Waals surface area contributed by atoms with Gasteiger partial charge in [0.1, 0.15) is 19.0 Å². The van der Waals surface area contributed by atoms with Gasteiger partial charge in [-0.3, -0.25) is 9.59 Å². The topological polar surface area (TPSA) is 128 Å². The predicted molar refractivity (Wildman–Crippen MR) is 164 cm³/mol. The summed E-state index contributed by atoms with van der Waals surface area (Å²) in [5, 5.41) is 22.5. The summed E-state index contributed by atoms with van der Waals surface area (Å²) >= 11 is 6.51. The number of nitrogens with two attached hydrogens (primary N) is 1. The molecule has 4 fully saturated rings. The van der Waals surface area contributed by atoms with Crippen LogP contribution in [0, 0.1) is 28.6 Å². The van der Waals surface area contributed by atoms with Gasteiger partial charge in [-0.25, -0.2) is 0 Å². The van der Waals surface area contributed by atoms with Gasteiger partial charge in [-0.1, -0.05) is 49.2 Å². The van der Waals surface area contributed by atoms with Crippen LogP contribution in [0.25, 0.3) is 0 Å². The first-order valence-electron chi connectivity index (χ1n) is 15.4. The summed E-state index contributed by atoms with van der Waals surface area (Å²) in [6, 6.07) is 12.7. The number of ether oxygens (including phenoxy) is 3. The van der Waals surface area contributed by atoms with Crippen molar-refractivity contribution >= 4 is 28.9 Å². The fourth-order valence-corrected chi connectivity index (χ4v) is 9.72. The number of anilines is 1. The SMILES string of the molecule is C[C@]12C=CC(=O)C=C1CC[C@@H]1[C@@H]2[C@@H](O)C[C@@]2(C)[C@H]1C[C@H]1O[C@H](c3cc(Cl)cc(OCc4cccc(N)c4)c3)O[C@]12C(=O)CO. The quantitative estimate of drug-likeness (QED) is 0.381. The van der Waals surface area contributed by atoms with Crippen LogP contribution in [0.1, 0.15) is 56.9 Å². The molecular formula is C35H38ClNO7. The van der Waals surface area contributed by atoms with E-state index in [-0.39, 0.29) is 30.1 Å². The Bertz CT molecular complexity index is 1590. The zero-order chi connectivity index (χ0) is 31.0. The number of nitrogen functional groups attached to an aromatic ring is 1. The fraction of sp³-hybridized carbons (Fsp3) is 0.486. The first-order valence-corrected chi connectivity index (χ1v) is 15.7. The maximum absolute atomic E-state index is 13.8. The van der Waals surface area contributed by atoms with Gasteiger partial charge in [0, 0.05) is 33.0 Å². The summed E-state index contributed by atoms with van der Waals surface area (Å²) in [7, 11) is 0. The second-order valence-electron chi connectivity index (χ2n) is 13.6. The molecule has 5 aliphatic rings. The second-order valence-corrected chi connectivity index (χ2v) is 14.0. The van der Waals surface area contributed by atoms with E-state index in [2.05, 4.69) is 6.92 Å². The van der Waals surface area contributed by atoms with Gasteiger partial charge in [0.15, 0.2) is 23.5 Å². The lowest BCUT2D eigenvalue weighted by Crippen LogP contribution is -2.63. The Morgan fingerprint density at radius 3 is 2.80 bits per heavy atom. The third-order valence-corrected chi connectivity index (χ3v) is 11.5. The van der Waals surface area contributed by atoms with E-state index in [1.54, 1.807) is 30.4 Å². The molecule has 9 heteroatoms. The van der Waals surface area contributed by atoms with Crippen molar-refractivity contribution in [2.45, 2.75) is 70.2 Å². The molecule has 4 aliphatic carbocycles. The first-order chi connectivity index (χ1) is 21.0. The van der Waals surface area contributed by atoms with Gasteiger partial charge in [0.25, 0.3) is 0 Å². The number of carbonyl (C=O) groups excluding carboxylic acids is 2. The van der Waals surface area contributed by atoms with Crippen LogP contribution in [0.4, 0.5) is 5.69 Å². The highest BCUT2D eigenvalue weighted by molar-refractivity contribution is 6.30. The van der Waals surface area contributed by atoms with E-state index in [0.717, 1.165) is 24.0 Å². The minimum atomic E-state index is -1.44. The normalized spacial score (nSPS) is 38.8. The van der Waals surface area contributed by atoms with Gasteiger partial charge in [0.2, 0.25) is 0 Å².